The Morgan fingerprint density at radius 1 is 0.324 bits per heavy atom. The fraction of sp³-hybridized carbons (Fsp3) is 1.00. The van der Waals surface area contributed by atoms with Crippen LogP contribution in [-0.2, 0) is 0 Å². The van der Waals surface area contributed by atoms with Crippen LogP contribution >= 0.6 is 0 Å². The molecule has 206 valence electrons. The first kappa shape index (κ1) is 34.0. The largest absolute Gasteiger partial charge is 0.0654 e. The smallest absolute Gasteiger partial charge is 0.0417 e. The molecule has 0 saturated heterocycles. The predicted molar refractivity (Wildman–Crippen MR) is 159 cm³/mol. The normalized spacial score (nSPS) is 15.5. The molecule has 0 rings (SSSR count). The lowest BCUT2D eigenvalue weighted by Gasteiger charge is -2.21. The average molecular weight is 479 g/mol. The maximum absolute atomic E-state index is 2.52. The third-order valence-electron chi connectivity index (χ3n) is 8.71. The van der Waals surface area contributed by atoms with Crippen LogP contribution in [0, 0.1) is 29.6 Å². The Balaban J connectivity index is 3.55. The summed E-state index contributed by atoms with van der Waals surface area (Å²) in [7, 11) is 0. The standard InChI is InChI=1S/C34H70/c1-8-9-10-11-15-18-25-32(5)27-22-29-34(7)33(6)28-21-20-26-31(4)24-19-16-13-12-14-17-23-30(2)3/h30-34H,8-29H2,1-7H3. The van der Waals surface area contributed by atoms with E-state index in [0.717, 1.165) is 29.6 Å². The summed E-state index contributed by atoms with van der Waals surface area (Å²) in [5.41, 5.74) is 0. The molecule has 0 aromatic rings. The molecule has 0 nitrogen and oxygen atoms in total. The molecule has 0 aromatic heterocycles. The van der Waals surface area contributed by atoms with Crippen LogP contribution in [0.4, 0.5) is 0 Å². The fourth-order valence-corrected chi connectivity index (χ4v) is 5.63. The topological polar surface area (TPSA) is 0 Å². The summed E-state index contributed by atoms with van der Waals surface area (Å²) >= 11 is 0. The van der Waals surface area contributed by atoms with Gasteiger partial charge in [-0.3, -0.25) is 0 Å². The van der Waals surface area contributed by atoms with E-state index >= 15 is 0 Å². The zero-order chi connectivity index (χ0) is 25.4. The summed E-state index contributed by atoms with van der Waals surface area (Å²) in [6.07, 6.45) is 32.0. The lowest BCUT2D eigenvalue weighted by atomic mass is 9.85. The molecule has 0 amide bonds. The van der Waals surface area contributed by atoms with E-state index in [0.29, 0.717) is 0 Å². The summed E-state index contributed by atoms with van der Waals surface area (Å²) in [5.74, 6) is 4.61. The summed E-state index contributed by atoms with van der Waals surface area (Å²) in [6, 6.07) is 0. The maximum atomic E-state index is 2.52. The minimum absolute atomic E-state index is 0.889. The van der Waals surface area contributed by atoms with Gasteiger partial charge in [0.2, 0.25) is 0 Å². The molecular weight excluding hydrogens is 408 g/mol. The molecular formula is C34H70. The second-order valence-electron chi connectivity index (χ2n) is 13.0. The van der Waals surface area contributed by atoms with E-state index in [1.54, 1.807) is 0 Å². The van der Waals surface area contributed by atoms with Gasteiger partial charge < -0.3 is 0 Å². The molecule has 0 aliphatic rings. The van der Waals surface area contributed by atoms with Crippen molar-refractivity contribution in [1.82, 2.24) is 0 Å². The van der Waals surface area contributed by atoms with E-state index in [4.69, 9.17) is 0 Å². The first-order chi connectivity index (χ1) is 16.4. The van der Waals surface area contributed by atoms with Gasteiger partial charge in [0.15, 0.2) is 0 Å². The molecule has 0 saturated carbocycles. The SMILES string of the molecule is CCCCCCCCC(C)CCCC(C)C(C)CCCCC(C)CCCCCCCCC(C)C. The molecule has 0 bridgehead atoms. The summed E-state index contributed by atoms with van der Waals surface area (Å²) in [5, 5.41) is 0. The van der Waals surface area contributed by atoms with Gasteiger partial charge >= 0.3 is 0 Å². The van der Waals surface area contributed by atoms with Crippen LogP contribution in [0.5, 0.6) is 0 Å². The van der Waals surface area contributed by atoms with Crippen molar-refractivity contribution < 1.29 is 0 Å². The Morgan fingerprint density at radius 3 is 1.12 bits per heavy atom. The third-order valence-corrected chi connectivity index (χ3v) is 8.71. The Labute approximate surface area is 219 Å². The van der Waals surface area contributed by atoms with Gasteiger partial charge in [-0.1, -0.05) is 190 Å². The summed E-state index contributed by atoms with van der Waals surface area (Å²) < 4.78 is 0. The minimum Gasteiger partial charge on any atom is -0.0654 e. The van der Waals surface area contributed by atoms with Gasteiger partial charge in [-0.2, -0.15) is 0 Å². The van der Waals surface area contributed by atoms with Gasteiger partial charge in [-0.15, -0.1) is 0 Å². The van der Waals surface area contributed by atoms with E-state index < -0.39 is 0 Å². The second kappa shape index (κ2) is 24.7. The van der Waals surface area contributed by atoms with Crippen LogP contribution in [0.1, 0.15) is 190 Å². The highest BCUT2D eigenvalue weighted by molar-refractivity contribution is 4.65. The van der Waals surface area contributed by atoms with Gasteiger partial charge in [0, 0.05) is 0 Å². The van der Waals surface area contributed by atoms with Gasteiger partial charge in [0.1, 0.15) is 0 Å². The van der Waals surface area contributed by atoms with E-state index in [1.807, 2.05) is 0 Å². The Kier molecular flexibility index (Phi) is 24.7. The van der Waals surface area contributed by atoms with Crippen molar-refractivity contribution in [2.45, 2.75) is 190 Å². The molecule has 0 heterocycles. The van der Waals surface area contributed by atoms with Crippen LogP contribution in [0.25, 0.3) is 0 Å². The average Bonchev–Trinajstić information content (AvgIpc) is 2.80. The molecule has 4 atom stereocenters. The van der Waals surface area contributed by atoms with Crippen molar-refractivity contribution >= 4 is 0 Å². The molecule has 34 heavy (non-hydrogen) atoms. The highest BCUT2D eigenvalue weighted by Crippen LogP contribution is 2.26. The molecule has 0 fully saturated rings. The molecule has 0 spiro atoms. The molecule has 0 radical (unpaired) electrons. The first-order valence-corrected chi connectivity index (χ1v) is 16.4. The van der Waals surface area contributed by atoms with Crippen LogP contribution in [0.15, 0.2) is 0 Å². The summed E-state index contributed by atoms with van der Waals surface area (Å²) in [6.45, 7) is 17.1. The zero-order valence-electron chi connectivity index (χ0n) is 25.4. The Bertz CT molecular complexity index is 383. The zero-order valence-corrected chi connectivity index (χ0v) is 25.4. The van der Waals surface area contributed by atoms with Crippen LogP contribution < -0.4 is 0 Å². The van der Waals surface area contributed by atoms with Gasteiger partial charge in [-0.25, -0.2) is 0 Å². The molecule has 0 heteroatoms. The first-order valence-electron chi connectivity index (χ1n) is 16.4. The number of hydrogen-bond donors (Lipinski definition) is 0. The summed E-state index contributed by atoms with van der Waals surface area (Å²) in [4.78, 5) is 0. The lowest BCUT2D eigenvalue weighted by Crippen LogP contribution is -2.09. The van der Waals surface area contributed by atoms with E-state index in [2.05, 4.69) is 48.5 Å². The van der Waals surface area contributed by atoms with Crippen molar-refractivity contribution in [1.29, 1.82) is 0 Å². The monoisotopic (exact) mass is 479 g/mol. The van der Waals surface area contributed by atoms with E-state index in [-0.39, 0.29) is 0 Å². The molecule has 4 unspecified atom stereocenters. The van der Waals surface area contributed by atoms with Crippen LogP contribution in [-0.4, -0.2) is 0 Å². The van der Waals surface area contributed by atoms with E-state index in [9.17, 15) is 0 Å². The maximum Gasteiger partial charge on any atom is -0.0417 e. The number of hydrogen-bond acceptors (Lipinski definition) is 0. The van der Waals surface area contributed by atoms with Crippen molar-refractivity contribution in [3.05, 3.63) is 0 Å². The highest BCUT2D eigenvalue weighted by Gasteiger charge is 2.13. The van der Waals surface area contributed by atoms with Gasteiger partial charge in [-0.05, 0) is 29.6 Å². The van der Waals surface area contributed by atoms with Crippen LogP contribution in [0.3, 0.4) is 0 Å². The number of unbranched alkanes of at least 4 members (excludes halogenated alkanes) is 11. The fourth-order valence-electron chi connectivity index (χ4n) is 5.63. The van der Waals surface area contributed by atoms with Crippen molar-refractivity contribution in [2.24, 2.45) is 29.6 Å². The highest BCUT2D eigenvalue weighted by atomic mass is 14.2. The lowest BCUT2D eigenvalue weighted by molar-refractivity contribution is 0.308. The van der Waals surface area contributed by atoms with Gasteiger partial charge in [0.05, 0.1) is 0 Å². The molecule has 0 aliphatic carbocycles. The number of rotatable bonds is 26. The molecule has 0 N–H and O–H groups in total. The predicted octanol–water partition coefficient (Wildman–Crippen LogP) is 12.8. The van der Waals surface area contributed by atoms with Crippen LogP contribution in [0.2, 0.25) is 0 Å². The minimum atomic E-state index is 0.889. The quantitative estimate of drug-likeness (QED) is 0.108. The van der Waals surface area contributed by atoms with Crippen molar-refractivity contribution in [2.75, 3.05) is 0 Å². The molecule has 0 aromatic carbocycles. The Morgan fingerprint density at radius 2 is 0.647 bits per heavy atom. The third kappa shape index (κ3) is 23.7. The molecule has 0 aliphatic heterocycles. The van der Waals surface area contributed by atoms with Crippen molar-refractivity contribution in [3.8, 4) is 0 Å². The van der Waals surface area contributed by atoms with Gasteiger partial charge in [0.25, 0.3) is 0 Å². The van der Waals surface area contributed by atoms with Crippen molar-refractivity contribution in [3.63, 3.8) is 0 Å². The van der Waals surface area contributed by atoms with E-state index in [1.165, 1.54) is 141 Å². The second-order valence-corrected chi connectivity index (χ2v) is 13.0. The Hall–Kier alpha value is 0.